The number of hydrogen-bond donors (Lipinski definition) is 2. The zero-order valence-corrected chi connectivity index (χ0v) is 11.9. The Labute approximate surface area is 113 Å². The summed E-state index contributed by atoms with van der Waals surface area (Å²) in [7, 11) is 0. The number of nitrogens with one attached hydrogen (secondary N) is 2. The van der Waals surface area contributed by atoms with Gasteiger partial charge in [-0.15, -0.1) is 0 Å². The van der Waals surface area contributed by atoms with Crippen LogP contribution in [0.15, 0.2) is 28.7 Å². The highest BCUT2D eigenvalue weighted by molar-refractivity contribution is 9.10. The SMILES string of the molecule is CSC(C)C(=O)NNC(=O)c1ccc(Br)cc1. The van der Waals surface area contributed by atoms with E-state index in [1.54, 1.807) is 31.2 Å². The summed E-state index contributed by atoms with van der Waals surface area (Å²) in [4.78, 5) is 23.0. The number of carbonyl (C=O) groups is 2. The number of benzene rings is 1. The van der Waals surface area contributed by atoms with Crippen LogP contribution < -0.4 is 10.9 Å². The first-order chi connectivity index (χ1) is 8.04. The van der Waals surface area contributed by atoms with Crippen LogP contribution in [0.5, 0.6) is 0 Å². The Morgan fingerprint density at radius 3 is 2.35 bits per heavy atom. The maximum absolute atomic E-state index is 11.6. The van der Waals surface area contributed by atoms with Gasteiger partial charge in [0.2, 0.25) is 0 Å². The smallest absolute Gasteiger partial charge is 0.269 e. The maximum Gasteiger partial charge on any atom is 0.269 e. The molecule has 0 saturated carbocycles. The van der Waals surface area contributed by atoms with Crippen molar-refractivity contribution in [2.24, 2.45) is 0 Å². The Bertz CT molecular complexity index is 408. The molecule has 0 radical (unpaired) electrons. The molecule has 0 bridgehead atoms. The van der Waals surface area contributed by atoms with Crippen LogP contribution in [0.25, 0.3) is 0 Å². The van der Waals surface area contributed by atoms with Crippen LogP contribution >= 0.6 is 27.7 Å². The number of carbonyl (C=O) groups excluding carboxylic acids is 2. The zero-order chi connectivity index (χ0) is 12.8. The van der Waals surface area contributed by atoms with Gasteiger partial charge in [0.05, 0.1) is 5.25 Å². The van der Waals surface area contributed by atoms with E-state index < -0.39 is 0 Å². The summed E-state index contributed by atoms with van der Waals surface area (Å²) in [6.07, 6.45) is 1.83. The summed E-state index contributed by atoms with van der Waals surface area (Å²) >= 11 is 4.69. The molecule has 17 heavy (non-hydrogen) atoms. The Hall–Kier alpha value is -1.01. The summed E-state index contributed by atoms with van der Waals surface area (Å²) in [5.41, 5.74) is 5.23. The minimum atomic E-state index is -0.334. The van der Waals surface area contributed by atoms with E-state index in [1.807, 2.05) is 6.26 Å². The second-order valence-corrected chi connectivity index (χ2v) is 5.42. The third-order valence-electron chi connectivity index (χ3n) is 2.13. The summed E-state index contributed by atoms with van der Waals surface area (Å²) in [6.45, 7) is 1.77. The van der Waals surface area contributed by atoms with Gasteiger partial charge in [-0.2, -0.15) is 11.8 Å². The first-order valence-corrected chi connectivity index (χ1v) is 7.01. The van der Waals surface area contributed by atoms with E-state index in [9.17, 15) is 9.59 Å². The molecule has 1 unspecified atom stereocenters. The van der Waals surface area contributed by atoms with E-state index in [-0.39, 0.29) is 17.1 Å². The Morgan fingerprint density at radius 1 is 1.24 bits per heavy atom. The lowest BCUT2D eigenvalue weighted by Gasteiger charge is -2.10. The van der Waals surface area contributed by atoms with E-state index in [4.69, 9.17) is 0 Å². The van der Waals surface area contributed by atoms with Crippen molar-refractivity contribution in [2.45, 2.75) is 12.2 Å². The van der Waals surface area contributed by atoms with E-state index in [0.717, 1.165) is 4.47 Å². The molecule has 4 nitrogen and oxygen atoms in total. The van der Waals surface area contributed by atoms with Crippen molar-refractivity contribution in [1.29, 1.82) is 0 Å². The predicted octanol–water partition coefficient (Wildman–Crippen LogP) is 1.96. The van der Waals surface area contributed by atoms with Crippen molar-refractivity contribution in [3.8, 4) is 0 Å². The Kier molecular flexibility index (Phi) is 5.50. The van der Waals surface area contributed by atoms with Crippen LogP contribution in [0.3, 0.4) is 0 Å². The fourth-order valence-electron chi connectivity index (χ4n) is 1.00. The van der Waals surface area contributed by atoms with Crippen LogP contribution in [-0.2, 0) is 4.79 Å². The van der Waals surface area contributed by atoms with Crippen LogP contribution in [-0.4, -0.2) is 23.3 Å². The molecule has 0 fully saturated rings. The van der Waals surface area contributed by atoms with E-state index >= 15 is 0 Å². The van der Waals surface area contributed by atoms with Gasteiger partial charge in [0.25, 0.3) is 11.8 Å². The number of rotatable bonds is 3. The maximum atomic E-state index is 11.6. The molecule has 0 aromatic heterocycles. The first kappa shape index (κ1) is 14.1. The van der Waals surface area contributed by atoms with Gasteiger partial charge in [-0.25, -0.2) is 0 Å². The van der Waals surface area contributed by atoms with Gasteiger partial charge in [0.1, 0.15) is 0 Å². The minimum absolute atomic E-state index is 0.194. The number of hydrazine groups is 1. The van der Waals surface area contributed by atoms with E-state index in [0.29, 0.717) is 5.56 Å². The average molecular weight is 317 g/mol. The molecule has 1 aromatic rings. The molecule has 6 heteroatoms. The molecule has 2 amide bonds. The fourth-order valence-corrected chi connectivity index (χ4v) is 1.54. The molecule has 0 saturated heterocycles. The molecule has 0 aliphatic carbocycles. The summed E-state index contributed by atoms with van der Waals surface area (Å²) in [6, 6.07) is 6.87. The highest BCUT2D eigenvalue weighted by Gasteiger charge is 2.12. The van der Waals surface area contributed by atoms with Crippen molar-refractivity contribution in [1.82, 2.24) is 10.9 Å². The van der Waals surface area contributed by atoms with Gasteiger partial charge in [-0.1, -0.05) is 15.9 Å². The third kappa shape index (κ3) is 4.40. The topological polar surface area (TPSA) is 58.2 Å². The molecular formula is C11H13BrN2O2S. The summed E-state index contributed by atoms with van der Waals surface area (Å²) in [5, 5.41) is -0.194. The molecule has 1 rings (SSSR count). The molecule has 2 N–H and O–H groups in total. The second-order valence-electron chi connectivity index (χ2n) is 3.33. The number of amides is 2. The lowest BCUT2D eigenvalue weighted by Crippen LogP contribution is -2.44. The van der Waals surface area contributed by atoms with Crippen LogP contribution in [0.4, 0.5) is 0 Å². The molecule has 1 aromatic carbocycles. The molecule has 0 heterocycles. The Morgan fingerprint density at radius 2 is 1.82 bits per heavy atom. The lowest BCUT2D eigenvalue weighted by atomic mass is 10.2. The highest BCUT2D eigenvalue weighted by atomic mass is 79.9. The fraction of sp³-hybridized carbons (Fsp3) is 0.273. The number of thioether (sulfide) groups is 1. The van der Waals surface area contributed by atoms with Crippen molar-refractivity contribution < 1.29 is 9.59 Å². The largest absolute Gasteiger partial charge is 0.272 e. The van der Waals surface area contributed by atoms with E-state index in [2.05, 4.69) is 26.8 Å². The molecule has 0 aliphatic rings. The minimum Gasteiger partial charge on any atom is -0.272 e. The van der Waals surface area contributed by atoms with Gasteiger partial charge < -0.3 is 0 Å². The number of halogens is 1. The molecule has 92 valence electrons. The molecule has 0 spiro atoms. The van der Waals surface area contributed by atoms with Crippen molar-refractivity contribution in [3.63, 3.8) is 0 Å². The van der Waals surface area contributed by atoms with Gasteiger partial charge in [0, 0.05) is 10.0 Å². The van der Waals surface area contributed by atoms with Gasteiger partial charge in [-0.3, -0.25) is 20.4 Å². The zero-order valence-electron chi connectivity index (χ0n) is 9.49. The van der Waals surface area contributed by atoms with Crippen molar-refractivity contribution in [2.75, 3.05) is 6.26 Å². The molecule has 0 aliphatic heterocycles. The van der Waals surface area contributed by atoms with Crippen LogP contribution in [0.2, 0.25) is 0 Å². The standard InChI is InChI=1S/C11H13BrN2O2S/c1-7(17-2)10(15)13-14-11(16)8-3-5-9(12)6-4-8/h3-7H,1-2H3,(H,13,15)(H,14,16). The van der Waals surface area contributed by atoms with E-state index in [1.165, 1.54) is 11.8 Å². The number of hydrogen-bond acceptors (Lipinski definition) is 3. The lowest BCUT2D eigenvalue weighted by molar-refractivity contribution is -0.121. The quantitative estimate of drug-likeness (QED) is 0.838. The Balaban J connectivity index is 2.50. The van der Waals surface area contributed by atoms with Gasteiger partial charge in [-0.05, 0) is 37.4 Å². The first-order valence-electron chi connectivity index (χ1n) is 4.93. The molecular weight excluding hydrogens is 304 g/mol. The van der Waals surface area contributed by atoms with Crippen LogP contribution in [0, 0.1) is 0 Å². The summed E-state index contributed by atoms with van der Waals surface area (Å²) < 4.78 is 0.897. The van der Waals surface area contributed by atoms with Gasteiger partial charge in [0.15, 0.2) is 0 Å². The third-order valence-corrected chi connectivity index (χ3v) is 3.58. The monoisotopic (exact) mass is 316 g/mol. The van der Waals surface area contributed by atoms with Crippen molar-refractivity contribution >= 4 is 39.5 Å². The van der Waals surface area contributed by atoms with Crippen molar-refractivity contribution in [3.05, 3.63) is 34.3 Å². The highest BCUT2D eigenvalue weighted by Crippen LogP contribution is 2.10. The van der Waals surface area contributed by atoms with Gasteiger partial charge >= 0.3 is 0 Å². The predicted molar refractivity (Wildman–Crippen MR) is 72.7 cm³/mol. The second kappa shape index (κ2) is 6.66. The normalized spacial score (nSPS) is 11.7. The molecule has 1 atom stereocenters. The average Bonchev–Trinajstić information content (AvgIpc) is 2.35. The summed E-state index contributed by atoms with van der Waals surface area (Å²) in [5.74, 6) is -0.554. The van der Waals surface area contributed by atoms with Crippen LogP contribution in [0.1, 0.15) is 17.3 Å².